The fourth-order valence-electron chi connectivity index (χ4n) is 4.12. The first-order chi connectivity index (χ1) is 12.5. The molecule has 1 heterocycles. The topological polar surface area (TPSA) is 59.9 Å². The molecule has 0 bridgehead atoms. The second-order valence-corrected chi connectivity index (χ2v) is 7.20. The van der Waals surface area contributed by atoms with Crippen LogP contribution in [0.4, 0.5) is 0 Å². The fourth-order valence-corrected chi connectivity index (χ4v) is 4.12. The lowest BCUT2D eigenvalue weighted by Gasteiger charge is -2.33. The minimum absolute atomic E-state index is 0.127. The van der Waals surface area contributed by atoms with Crippen molar-refractivity contribution in [2.24, 2.45) is 11.7 Å². The SMILES string of the molecule is [C-]#[N+]C1C[C@H](C(=O)OC)N(Cc2ccccc2)C1C(N)CC(CC)CC. The number of hydrogen-bond donors (Lipinski definition) is 1. The van der Waals surface area contributed by atoms with Gasteiger partial charge in [0.25, 0.3) is 0 Å². The van der Waals surface area contributed by atoms with E-state index in [4.69, 9.17) is 17.0 Å². The number of methoxy groups -OCH3 is 1. The van der Waals surface area contributed by atoms with Gasteiger partial charge in [-0.15, -0.1) is 0 Å². The largest absolute Gasteiger partial charge is 0.468 e. The second kappa shape index (κ2) is 9.70. The molecule has 142 valence electrons. The van der Waals surface area contributed by atoms with Gasteiger partial charge in [-0.05, 0) is 17.9 Å². The van der Waals surface area contributed by atoms with Gasteiger partial charge in [-0.2, -0.15) is 0 Å². The van der Waals surface area contributed by atoms with E-state index in [1.807, 2.05) is 30.3 Å². The third kappa shape index (κ3) is 4.63. The molecule has 3 unspecified atom stereocenters. The van der Waals surface area contributed by atoms with E-state index >= 15 is 0 Å². The summed E-state index contributed by atoms with van der Waals surface area (Å²) >= 11 is 0. The molecule has 4 atom stereocenters. The molecule has 1 aromatic carbocycles. The average Bonchev–Trinajstić information content (AvgIpc) is 3.04. The van der Waals surface area contributed by atoms with Crippen LogP contribution in [-0.2, 0) is 16.1 Å². The van der Waals surface area contributed by atoms with Crippen LogP contribution >= 0.6 is 0 Å². The number of benzene rings is 1. The molecule has 1 saturated heterocycles. The van der Waals surface area contributed by atoms with Crippen LogP contribution in [-0.4, -0.2) is 42.1 Å². The highest BCUT2D eigenvalue weighted by Gasteiger charge is 2.51. The number of esters is 1. The van der Waals surface area contributed by atoms with Crippen molar-refractivity contribution in [2.75, 3.05) is 7.11 Å². The summed E-state index contributed by atoms with van der Waals surface area (Å²) in [5.41, 5.74) is 7.73. The molecule has 1 aromatic rings. The number of nitrogens with zero attached hydrogens (tertiary/aromatic N) is 2. The predicted molar refractivity (Wildman–Crippen MR) is 103 cm³/mol. The lowest BCUT2D eigenvalue weighted by molar-refractivity contribution is -0.146. The number of rotatable bonds is 8. The molecule has 5 nitrogen and oxygen atoms in total. The van der Waals surface area contributed by atoms with Gasteiger partial charge in [0.15, 0.2) is 0 Å². The molecule has 0 aromatic heterocycles. The number of nitrogens with two attached hydrogens (primary N) is 1. The number of carbonyl (C=O) groups excluding carboxylic acids is 1. The molecule has 0 amide bonds. The van der Waals surface area contributed by atoms with E-state index < -0.39 is 6.04 Å². The molecule has 26 heavy (non-hydrogen) atoms. The molecule has 1 fully saturated rings. The Kier molecular flexibility index (Phi) is 7.62. The van der Waals surface area contributed by atoms with E-state index in [1.165, 1.54) is 7.11 Å². The van der Waals surface area contributed by atoms with E-state index in [-0.39, 0.29) is 24.1 Å². The van der Waals surface area contributed by atoms with Gasteiger partial charge in [0.05, 0.1) is 13.5 Å². The Morgan fingerprint density at radius 1 is 1.35 bits per heavy atom. The van der Waals surface area contributed by atoms with Gasteiger partial charge < -0.3 is 15.3 Å². The summed E-state index contributed by atoms with van der Waals surface area (Å²) < 4.78 is 5.02. The van der Waals surface area contributed by atoms with Gasteiger partial charge in [0.1, 0.15) is 12.1 Å². The Balaban J connectivity index is 2.29. The van der Waals surface area contributed by atoms with Crippen LogP contribution in [0.2, 0.25) is 0 Å². The maximum atomic E-state index is 12.4. The molecule has 0 radical (unpaired) electrons. The number of likely N-dealkylation sites (tertiary alicyclic amines) is 1. The van der Waals surface area contributed by atoms with Crippen molar-refractivity contribution in [3.8, 4) is 0 Å². The quantitative estimate of drug-likeness (QED) is 0.573. The summed E-state index contributed by atoms with van der Waals surface area (Å²) in [4.78, 5) is 18.3. The van der Waals surface area contributed by atoms with Crippen molar-refractivity contribution in [1.82, 2.24) is 4.90 Å². The lowest BCUT2D eigenvalue weighted by atomic mass is 9.89. The first-order valence-electron chi connectivity index (χ1n) is 9.55. The van der Waals surface area contributed by atoms with Crippen LogP contribution in [0, 0.1) is 12.5 Å². The fraction of sp³-hybridized carbons (Fsp3) is 0.619. The molecule has 2 rings (SSSR count). The molecule has 1 aliphatic heterocycles. The van der Waals surface area contributed by atoms with Crippen LogP contribution in [0.3, 0.4) is 0 Å². The molecule has 2 N–H and O–H groups in total. The van der Waals surface area contributed by atoms with Crippen LogP contribution < -0.4 is 5.73 Å². The van der Waals surface area contributed by atoms with Gasteiger partial charge >= 0.3 is 5.97 Å². The zero-order valence-corrected chi connectivity index (χ0v) is 16.1. The second-order valence-electron chi connectivity index (χ2n) is 7.20. The van der Waals surface area contributed by atoms with Crippen LogP contribution in [0.1, 0.15) is 45.1 Å². The molecule has 0 saturated carbocycles. The third-order valence-corrected chi connectivity index (χ3v) is 5.69. The first-order valence-corrected chi connectivity index (χ1v) is 9.55. The molecular weight excluding hydrogens is 326 g/mol. The highest BCUT2D eigenvalue weighted by Crippen LogP contribution is 2.33. The van der Waals surface area contributed by atoms with Gasteiger partial charge in [0.2, 0.25) is 6.04 Å². The van der Waals surface area contributed by atoms with E-state index in [9.17, 15) is 4.79 Å². The van der Waals surface area contributed by atoms with Crippen LogP contribution in [0.5, 0.6) is 0 Å². The summed E-state index contributed by atoms with van der Waals surface area (Å²) in [5, 5.41) is 0. The first kappa shape index (κ1) is 20.4. The molecule has 5 heteroatoms. The predicted octanol–water partition coefficient (Wildman–Crippen LogP) is 3.24. The maximum absolute atomic E-state index is 12.4. The lowest BCUT2D eigenvalue weighted by Crippen LogP contribution is -2.51. The Morgan fingerprint density at radius 2 is 2.00 bits per heavy atom. The molecule has 0 spiro atoms. The van der Waals surface area contributed by atoms with Gasteiger partial charge in [-0.3, -0.25) is 9.69 Å². The summed E-state index contributed by atoms with van der Waals surface area (Å²) in [6, 6.07) is 9.11. The Labute approximate surface area is 157 Å². The van der Waals surface area contributed by atoms with E-state index in [2.05, 4.69) is 23.6 Å². The van der Waals surface area contributed by atoms with Crippen LogP contribution in [0.25, 0.3) is 4.85 Å². The Morgan fingerprint density at radius 3 is 2.54 bits per heavy atom. The third-order valence-electron chi connectivity index (χ3n) is 5.69. The van der Waals surface area contributed by atoms with Crippen molar-refractivity contribution in [1.29, 1.82) is 0 Å². The Hall–Kier alpha value is -1.90. The smallest absolute Gasteiger partial charge is 0.323 e. The summed E-state index contributed by atoms with van der Waals surface area (Å²) in [6.07, 6.45) is 3.53. The number of carbonyl (C=O) groups is 1. The molecule has 1 aliphatic rings. The van der Waals surface area contributed by atoms with Crippen molar-refractivity contribution in [2.45, 2.75) is 70.2 Å². The monoisotopic (exact) mass is 357 g/mol. The summed E-state index contributed by atoms with van der Waals surface area (Å²) in [7, 11) is 1.41. The average molecular weight is 357 g/mol. The highest BCUT2D eigenvalue weighted by molar-refractivity contribution is 5.76. The highest BCUT2D eigenvalue weighted by atomic mass is 16.5. The van der Waals surface area contributed by atoms with Gasteiger partial charge in [-0.1, -0.05) is 57.0 Å². The van der Waals surface area contributed by atoms with Crippen molar-refractivity contribution in [3.05, 3.63) is 47.3 Å². The summed E-state index contributed by atoms with van der Waals surface area (Å²) in [5.74, 6) is 0.277. The minimum atomic E-state index is -0.406. The Bertz CT molecular complexity index is 609. The maximum Gasteiger partial charge on any atom is 0.323 e. The normalized spacial score (nSPS) is 24.4. The van der Waals surface area contributed by atoms with Gasteiger partial charge in [0, 0.05) is 12.6 Å². The zero-order chi connectivity index (χ0) is 19.1. The number of ether oxygens (including phenoxy) is 1. The zero-order valence-electron chi connectivity index (χ0n) is 16.1. The van der Waals surface area contributed by atoms with E-state index in [0.717, 1.165) is 24.8 Å². The van der Waals surface area contributed by atoms with Crippen LogP contribution in [0.15, 0.2) is 30.3 Å². The van der Waals surface area contributed by atoms with E-state index in [1.54, 1.807) is 0 Å². The van der Waals surface area contributed by atoms with Crippen molar-refractivity contribution in [3.63, 3.8) is 0 Å². The molecule has 0 aliphatic carbocycles. The standard InChI is InChI=1S/C21H31N3O2/c1-5-15(6-2)12-17(22)20-18(23-3)13-19(21(25)26-4)24(20)14-16-10-8-7-9-11-16/h7-11,15,17-20H,5-6,12-14,22H2,1-2,4H3/t17?,18?,19-,20?/m1/s1. The number of hydrogen-bond acceptors (Lipinski definition) is 4. The van der Waals surface area contributed by atoms with Crippen molar-refractivity contribution >= 4 is 5.97 Å². The van der Waals surface area contributed by atoms with E-state index in [0.29, 0.717) is 18.9 Å². The van der Waals surface area contributed by atoms with Gasteiger partial charge in [-0.25, -0.2) is 6.57 Å². The molecular formula is C21H31N3O2. The minimum Gasteiger partial charge on any atom is -0.468 e. The van der Waals surface area contributed by atoms with Crippen molar-refractivity contribution < 1.29 is 9.53 Å². The summed E-state index contributed by atoms with van der Waals surface area (Å²) in [6.45, 7) is 12.6.